The lowest BCUT2D eigenvalue weighted by atomic mass is 9.49. The summed E-state index contributed by atoms with van der Waals surface area (Å²) in [4.78, 5) is 18.3. The summed E-state index contributed by atoms with van der Waals surface area (Å²) in [6.07, 6.45) is 9.03. The first kappa shape index (κ1) is 23.0. The Morgan fingerprint density at radius 1 is 0.946 bits per heavy atom. The molecule has 0 amide bonds. The van der Waals surface area contributed by atoms with Gasteiger partial charge in [0.2, 0.25) is 0 Å². The fraction of sp³-hybridized carbons (Fsp3) is 0.355. The van der Waals surface area contributed by atoms with Crippen LogP contribution in [0, 0.1) is 23.2 Å². The summed E-state index contributed by atoms with van der Waals surface area (Å²) in [6, 6.07) is 22.2. The van der Waals surface area contributed by atoms with Gasteiger partial charge in [0.05, 0.1) is 5.41 Å². The van der Waals surface area contributed by atoms with Gasteiger partial charge < -0.3 is 10.1 Å². The van der Waals surface area contributed by atoms with E-state index in [1.165, 1.54) is 24.8 Å². The molecule has 5 nitrogen and oxygen atoms in total. The second-order valence-corrected chi connectivity index (χ2v) is 12.3. The minimum atomic E-state index is -0.253. The number of anilines is 1. The Morgan fingerprint density at radius 3 is 2.30 bits per heavy atom. The number of nitrogens with one attached hydrogen (secondary N) is 1. The number of nitrogens with zero attached hydrogens (tertiary/aromatic N) is 2. The van der Waals surface area contributed by atoms with E-state index < -0.39 is 0 Å². The Bertz CT molecular complexity index is 1430. The molecule has 2 aromatic carbocycles. The number of aromatic nitrogens is 2. The lowest BCUT2D eigenvalue weighted by Gasteiger charge is -2.55. The maximum Gasteiger partial charge on any atom is 0.317 e. The van der Waals surface area contributed by atoms with Gasteiger partial charge in [0.15, 0.2) is 0 Å². The highest BCUT2D eigenvalue weighted by molar-refractivity contribution is 9.10. The van der Waals surface area contributed by atoms with E-state index in [9.17, 15) is 4.79 Å². The van der Waals surface area contributed by atoms with E-state index in [0.717, 1.165) is 64.2 Å². The van der Waals surface area contributed by atoms with Gasteiger partial charge in [-0.2, -0.15) is 0 Å². The zero-order valence-corrected chi connectivity index (χ0v) is 22.3. The van der Waals surface area contributed by atoms with E-state index in [1.807, 2.05) is 60.8 Å². The molecule has 4 bridgehead atoms. The summed E-state index contributed by atoms with van der Waals surface area (Å²) in [5.41, 5.74) is 3.66. The molecule has 0 unspecified atom stereocenters. The fourth-order valence-corrected chi connectivity index (χ4v) is 7.76. The van der Waals surface area contributed by atoms with Gasteiger partial charge in [-0.3, -0.25) is 9.20 Å². The minimum absolute atomic E-state index is 0.0119. The van der Waals surface area contributed by atoms with Crippen LogP contribution in [-0.2, 0) is 11.3 Å². The first-order valence-corrected chi connectivity index (χ1v) is 14.1. The molecule has 2 aromatic heterocycles. The number of hydrogen-bond donors (Lipinski definition) is 1. The van der Waals surface area contributed by atoms with Crippen LogP contribution in [0.25, 0.3) is 16.9 Å². The number of imidazole rings is 1. The van der Waals surface area contributed by atoms with Gasteiger partial charge in [0.1, 0.15) is 22.9 Å². The van der Waals surface area contributed by atoms with Crippen molar-refractivity contribution in [3.05, 3.63) is 83.0 Å². The molecule has 188 valence electrons. The summed E-state index contributed by atoms with van der Waals surface area (Å²) >= 11 is 3.59. The van der Waals surface area contributed by atoms with Crippen LogP contribution >= 0.6 is 15.9 Å². The number of esters is 1. The predicted molar refractivity (Wildman–Crippen MR) is 148 cm³/mol. The maximum atomic E-state index is 13.4. The van der Waals surface area contributed by atoms with E-state index in [0.29, 0.717) is 12.3 Å². The summed E-state index contributed by atoms with van der Waals surface area (Å²) in [7, 11) is 0. The highest BCUT2D eigenvalue weighted by Gasteiger charge is 2.55. The standard InChI is InChI=1S/C31H30BrN3O2/c32-25-8-11-27-34-28(29(35(27)19-25)33-18-20-4-2-1-3-5-20)24-6-9-26(10-7-24)37-30(36)31-15-21-12-22(16-31)14-23(13-21)17-31/h1-11,19,21-23,33H,12-18H2. The second kappa shape index (κ2) is 9.02. The highest BCUT2D eigenvalue weighted by atomic mass is 79.9. The number of halogens is 1. The molecule has 1 N–H and O–H groups in total. The fourth-order valence-electron chi connectivity index (χ4n) is 7.43. The van der Waals surface area contributed by atoms with Crippen molar-refractivity contribution in [2.24, 2.45) is 23.2 Å². The summed E-state index contributed by atoms with van der Waals surface area (Å²) in [5.74, 6) is 3.70. The molecule has 0 spiro atoms. The number of benzene rings is 2. The minimum Gasteiger partial charge on any atom is -0.426 e. The molecule has 2 heterocycles. The van der Waals surface area contributed by atoms with Gasteiger partial charge in [-0.05, 0) is 114 Å². The van der Waals surface area contributed by atoms with Crippen LogP contribution in [0.4, 0.5) is 5.82 Å². The van der Waals surface area contributed by atoms with Gasteiger partial charge in [-0.25, -0.2) is 4.98 Å². The van der Waals surface area contributed by atoms with Crippen LogP contribution < -0.4 is 10.1 Å². The molecule has 0 aliphatic heterocycles. The van der Waals surface area contributed by atoms with Crippen molar-refractivity contribution < 1.29 is 9.53 Å². The third-order valence-corrected chi connectivity index (χ3v) is 9.16. The molecule has 4 fully saturated rings. The van der Waals surface area contributed by atoms with Crippen LogP contribution in [0.2, 0.25) is 0 Å². The first-order valence-electron chi connectivity index (χ1n) is 13.3. The number of carbonyl (C=O) groups excluding carboxylic acids is 1. The molecule has 4 aliphatic rings. The van der Waals surface area contributed by atoms with Crippen LogP contribution in [-0.4, -0.2) is 15.4 Å². The van der Waals surface area contributed by atoms with Crippen molar-refractivity contribution in [3.8, 4) is 17.0 Å². The number of fused-ring (bicyclic) bond motifs is 1. The normalized spacial score (nSPS) is 25.9. The lowest BCUT2D eigenvalue weighted by molar-refractivity contribution is -0.161. The number of pyridine rings is 1. The van der Waals surface area contributed by atoms with Crippen molar-refractivity contribution in [1.82, 2.24) is 9.38 Å². The van der Waals surface area contributed by atoms with Gasteiger partial charge in [-0.1, -0.05) is 30.3 Å². The average molecular weight is 557 g/mol. The molecule has 8 rings (SSSR count). The number of carbonyl (C=O) groups is 1. The van der Waals surface area contributed by atoms with Crippen LogP contribution in [0.1, 0.15) is 44.1 Å². The van der Waals surface area contributed by atoms with Gasteiger partial charge in [0, 0.05) is 22.8 Å². The molecule has 6 heteroatoms. The van der Waals surface area contributed by atoms with Gasteiger partial charge in [-0.15, -0.1) is 0 Å². The SMILES string of the molecule is O=C(Oc1ccc(-c2nc3ccc(Br)cn3c2NCc2ccccc2)cc1)C12CC3CC(CC(C3)C1)C2. The predicted octanol–water partition coefficient (Wildman–Crippen LogP) is 7.50. The largest absolute Gasteiger partial charge is 0.426 e. The summed E-state index contributed by atoms with van der Waals surface area (Å²) in [5, 5.41) is 3.59. The van der Waals surface area contributed by atoms with E-state index in [-0.39, 0.29) is 11.4 Å². The van der Waals surface area contributed by atoms with Crippen molar-refractivity contribution in [2.45, 2.75) is 45.1 Å². The quantitative estimate of drug-likeness (QED) is 0.197. The highest BCUT2D eigenvalue weighted by Crippen LogP contribution is 2.60. The second-order valence-electron chi connectivity index (χ2n) is 11.3. The van der Waals surface area contributed by atoms with E-state index in [1.54, 1.807) is 0 Å². The maximum absolute atomic E-state index is 13.4. The van der Waals surface area contributed by atoms with Crippen LogP contribution in [0.3, 0.4) is 0 Å². The Hall–Kier alpha value is -3.12. The molecule has 37 heavy (non-hydrogen) atoms. The number of ether oxygens (including phenoxy) is 1. The van der Waals surface area contributed by atoms with Crippen molar-refractivity contribution in [2.75, 3.05) is 5.32 Å². The van der Waals surface area contributed by atoms with E-state index >= 15 is 0 Å². The monoisotopic (exact) mass is 555 g/mol. The molecule has 4 aliphatic carbocycles. The molecule has 4 saturated carbocycles. The lowest BCUT2D eigenvalue weighted by Crippen LogP contribution is -2.51. The van der Waals surface area contributed by atoms with E-state index in [4.69, 9.17) is 9.72 Å². The third-order valence-electron chi connectivity index (χ3n) is 8.69. The van der Waals surface area contributed by atoms with Gasteiger partial charge in [0.25, 0.3) is 0 Å². The number of rotatable bonds is 6. The zero-order chi connectivity index (χ0) is 25.0. The van der Waals surface area contributed by atoms with Crippen molar-refractivity contribution in [3.63, 3.8) is 0 Å². The third kappa shape index (κ3) is 4.25. The Balaban J connectivity index is 1.14. The topological polar surface area (TPSA) is 55.6 Å². The molecule has 0 atom stereocenters. The Morgan fingerprint density at radius 2 is 1.62 bits per heavy atom. The number of hydrogen-bond acceptors (Lipinski definition) is 4. The molecule has 4 aromatic rings. The van der Waals surface area contributed by atoms with Crippen LogP contribution in [0.15, 0.2) is 77.4 Å². The average Bonchev–Trinajstić information content (AvgIpc) is 3.25. The van der Waals surface area contributed by atoms with E-state index in [2.05, 4.69) is 37.8 Å². The van der Waals surface area contributed by atoms with Crippen molar-refractivity contribution >= 4 is 33.4 Å². The Kier molecular flexibility index (Phi) is 5.61. The van der Waals surface area contributed by atoms with Crippen molar-refractivity contribution in [1.29, 1.82) is 0 Å². The molecule has 0 radical (unpaired) electrons. The molecular formula is C31H30BrN3O2. The smallest absolute Gasteiger partial charge is 0.317 e. The van der Waals surface area contributed by atoms with Gasteiger partial charge >= 0.3 is 5.97 Å². The molecular weight excluding hydrogens is 526 g/mol. The molecule has 0 saturated heterocycles. The Labute approximate surface area is 225 Å². The summed E-state index contributed by atoms with van der Waals surface area (Å²) in [6.45, 7) is 0.689. The first-order chi connectivity index (χ1) is 18.0. The zero-order valence-electron chi connectivity index (χ0n) is 20.7. The van der Waals surface area contributed by atoms with Crippen LogP contribution in [0.5, 0.6) is 5.75 Å². The summed E-state index contributed by atoms with van der Waals surface area (Å²) < 4.78 is 9.07.